The molecule has 2 aliphatic rings. The molecule has 1 N–H and O–H groups in total. The fourth-order valence-corrected chi connectivity index (χ4v) is 6.26. The molecule has 0 aliphatic carbocycles. The summed E-state index contributed by atoms with van der Waals surface area (Å²) in [6, 6.07) is 9.30. The second-order valence-electron chi connectivity index (χ2n) is 10.4. The average Bonchev–Trinajstić information content (AvgIpc) is 3.64. The van der Waals surface area contributed by atoms with Gasteiger partial charge in [0, 0.05) is 12.0 Å². The van der Waals surface area contributed by atoms with E-state index >= 15 is 0 Å². The number of aliphatic hydroxyl groups is 1. The number of aromatic nitrogens is 1. The lowest BCUT2D eigenvalue weighted by atomic mass is 9.94. The van der Waals surface area contributed by atoms with E-state index in [2.05, 4.69) is 11.9 Å². The smallest absolute Gasteiger partial charge is 0.350 e. The highest BCUT2D eigenvalue weighted by molar-refractivity contribution is 7.17. The van der Waals surface area contributed by atoms with Crippen LogP contribution in [0.3, 0.4) is 0 Å². The van der Waals surface area contributed by atoms with Gasteiger partial charge in [0.15, 0.2) is 16.6 Å². The molecule has 0 unspecified atom stereocenters. The molecular formula is C32H34N2O8S. The molecule has 43 heavy (non-hydrogen) atoms. The molecular weight excluding hydrogens is 572 g/mol. The zero-order valence-electron chi connectivity index (χ0n) is 24.8. The first-order valence-electron chi connectivity index (χ1n) is 14.2. The molecule has 1 amide bonds. The van der Waals surface area contributed by atoms with Crippen LogP contribution in [0.5, 0.6) is 17.2 Å². The number of carbonyl (C=O) groups is 3. The van der Waals surface area contributed by atoms with Gasteiger partial charge in [0.1, 0.15) is 22.5 Å². The first-order chi connectivity index (χ1) is 20.7. The minimum atomic E-state index is -1.07. The van der Waals surface area contributed by atoms with Gasteiger partial charge < -0.3 is 24.1 Å². The van der Waals surface area contributed by atoms with Crippen LogP contribution in [-0.2, 0) is 20.7 Å². The summed E-state index contributed by atoms with van der Waals surface area (Å²) in [6.45, 7) is 8.36. The molecule has 0 saturated carbocycles. The van der Waals surface area contributed by atoms with E-state index in [0.717, 1.165) is 35.5 Å². The van der Waals surface area contributed by atoms with Crippen molar-refractivity contribution in [1.82, 2.24) is 4.98 Å². The number of ether oxygens (including phenoxy) is 4. The number of rotatable bonds is 10. The van der Waals surface area contributed by atoms with Crippen molar-refractivity contribution in [1.29, 1.82) is 0 Å². The predicted molar refractivity (Wildman–Crippen MR) is 161 cm³/mol. The standard InChI is InChI=1S/C32H34N2O8S/c1-6-8-13-41-23-12-9-19(16-24(23)40-7-2)26-25(27(35)20-10-11-22-21(15-20)14-17(3)42-22)28(36)30(37)34(26)32-33-18(4)29(43-32)31(38)39-5/h9-12,15-17,26,35H,6-8,13-14H2,1-5H3/b27-25+/t17-,26-/m0/s1. The minimum Gasteiger partial charge on any atom is -0.507 e. The van der Waals surface area contributed by atoms with Crippen LogP contribution in [0.2, 0.25) is 0 Å². The maximum absolute atomic E-state index is 13.7. The monoisotopic (exact) mass is 606 g/mol. The van der Waals surface area contributed by atoms with Crippen LogP contribution in [0.1, 0.15) is 71.7 Å². The first-order valence-corrected chi connectivity index (χ1v) is 15.1. The number of fused-ring (bicyclic) bond motifs is 1. The lowest BCUT2D eigenvalue weighted by molar-refractivity contribution is -0.132. The summed E-state index contributed by atoms with van der Waals surface area (Å²) in [5, 5.41) is 11.8. The maximum atomic E-state index is 13.7. The highest BCUT2D eigenvalue weighted by Crippen LogP contribution is 2.46. The van der Waals surface area contributed by atoms with Gasteiger partial charge in [0.25, 0.3) is 5.78 Å². The van der Waals surface area contributed by atoms with Crippen LogP contribution in [0.4, 0.5) is 5.13 Å². The van der Waals surface area contributed by atoms with Gasteiger partial charge in [0.2, 0.25) is 0 Å². The van der Waals surface area contributed by atoms with Gasteiger partial charge in [-0.25, -0.2) is 9.78 Å². The van der Waals surface area contributed by atoms with Gasteiger partial charge in [0.05, 0.1) is 37.6 Å². The second kappa shape index (κ2) is 12.5. The summed E-state index contributed by atoms with van der Waals surface area (Å²) >= 11 is 0.941. The highest BCUT2D eigenvalue weighted by Gasteiger charge is 2.48. The topological polar surface area (TPSA) is 124 Å². The van der Waals surface area contributed by atoms with Crippen LogP contribution >= 0.6 is 11.3 Å². The number of hydrogen-bond acceptors (Lipinski definition) is 10. The number of hydrogen-bond donors (Lipinski definition) is 1. The third-order valence-electron chi connectivity index (χ3n) is 7.31. The van der Waals surface area contributed by atoms with Crippen LogP contribution in [-0.4, -0.2) is 54.2 Å². The number of ketones is 1. The van der Waals surface area contributed by atoms with Gasteiger partial charge in [-0.05, 0) is 68.7 Å². The van der Waals surface area contributed by atoms with Gasteiger partial charge in [-0.1, -0.05) is 30.7 Å². The molecule has 10 nitrogen and oxygen atoms in total. The molecule has 2 aromatic carbocycles. The number of carbonyl (C=O) groups excluding carboxylic acids is 3. The zero-order chi connectivity index (χ0) is 30.8. The van der Waals surface area contributed by atoms with Crippen LogP contribution < -0.4 is 19.1 Å². The van der Waals surface area contributed by atoms with Crippen LogP contribution in [0.25, 0.3) is 5.76 Å². The summed E-state index contributed by atoms with van der Waals surface area (Å²) in [5.74, 6) is -0.989. The zero-order valence-corrected chi connectivity index (χ0v) is 25.6. The van der Waals surface area contributed by atoms with Crippen LogP contribution in [0.15, 0.2) is 42.0 Å². The first kappa shape index (κ1) is 30.1. The Morgan fingerprint density at radius 3 is 2.65 bits per heavy atom. The van der Waals surface area contributed by atoms with Gasteiger partial charge in [-0.2, -0.15) is 0 Å². The number of methoxy groups -OCH3 is 1. The molecule has 0 spiro atoms. The number of amides is 1. The summed E-state index contributed by atoms with van der Waals surface area (Å²) in [4.78, 5) is 45.7. The molecule has 1 saturated heterocycles. The van der Waals surface area contributed by atoms with E-state index in [4.69, 9.17) is 18.9 Å². The largest absolute Gasteiger partial charge is 0.507 e. The SMILES string of the molecule is CCCCOc1ccc([C@H]2/C(=C(\O)c3ccc4c(c3)C[C@H](C)O4)C(=O)C(=O)N2c2nc(C)c(C(=O)OC)s2)cc1OCC. The molecule has 0 bridgehead atoms. The number of thiazole rings is 1. The Morgan fingerprint density at radius 1 is 1.14 bits per heavy atom. The molecule has 5 rings (SSSR count). The molecule has 2 atom stereocenters. The minimum absolute atomic E-state index is 0.00910. The van der Waals surface area contributed by atoms with E-state index in [1.54, 1.807) is 43.3 Å². The predicted octanol–water partition coefficient (Wildman–Crippen LogP) is 5.77. The van der Waals surface area contributed by atoms with Crippen molar-refractivity contribution in [3.63, 3.8) is 0 Å². The number of benzene rings is 2. The van der Waals surface area contributed by atoms with Crippen molar-refractivity contribution in [2.24, 2.45) is 0 Å². The Labute approximate surface area is 253 Å². The fraction of sp³-hybridized carbons (Fsp3) is 0.375. The van der Waals surface area contributed by atoms with Crippen molar-refractivity contribution in [3.8, 4) is 17.2 Å². The van der Waals surface area contributed by atoms with Gasteiger partial charge in [-0.3, -0.25) is 14.5 Å². The van der Waals surface area contributed by atoms with Gasteiger partial charge in [-0.15, -0.1) is 0 Å². The Morgan fingerprint density at radius 2 is 1.93 bits per heavy atom. The second-order valence-corrected chi connectivity index (χ2v) is 11.3. The van der Waals surface area contributed by atoms with E-state index in [0.29, 0.717) is 48.0 Å². The molecule has 1 fully saturated rings. The van der Waals surface area contributed by atoms with Gasteiger partial charge >= 0.3 is 11.9 Å². The molecule has 0 radical (unpaired) electrons. The summed E-state index contributed by atoms with van der Waals surface area (Å²) < 4.78 is 22.5. The summed E-state index contributed by atoms with van der Waals surface area (Å²) in [5.41, 5.74) is 2.03. The Kier molecular flexibility index (Phi) is 8.72. The lowest BCUT2D eigenvalue weighted by Crippen LogP contribution is -2.29. The molecule has 1 aromatic heterocycles. The number of aryl methyl sites for hydroxylation is 1. The Balaban J connectivity index is 1.68. The van der Waals surface area contributed by atoms with Crippen molar-refractivity contribution in [3.05, 3.63) is 69.2 Å². The number of esters is 1. The molecule has 11 heteroatoms. The molecule has 2 aliphatic heterocycles. The highest BCUT2D eigenvalue weighted by atomic mass is 32.1. The van der Waals surface area contributed by atoms with Crippen molar-refractivity contribution >= 4 is 39.9 Å². The van der Waals surface area contributed by atoms with E-state index < -0.39 is 23.7 Å². The van der Waals surface area contributed by atoms with E-state index in [9.17, 15) is 19.5 Å². The van der Waals surface area contributed by atoms with Crippen molar-refractivity contribution < 1.29 is 38.4 Å². The maximum Gasteiger partial charge on any atom is 0.350 e. The summed E-state index contributed by atoms with van der Waals surface area (Å²) in [7, 11) is 1.26. The van der Waals surface area contributed by atoms with E-state index in [1.165, 1.54) is 12.0 Å². The molecule has 3 aromatic rings. The third kappa shape index (κ3) is 5.69. The van der Waals surface area contributed by atoms with Crippen molar-refractivity contribution in [2.45, 2.75) is 59.1 Å². The number of Topliss-reactive ketones (excluding diaryl/α,β-unsaturated/α-hetero) is 1. The number of anilines is 1. The Hall–Kier alpha value is -4.38. The normalized spacial score (nSPS) is 18.9. The Bertz CT molecular complexity index is 1610. The van der Waals surface area contributed by atoms with Crippen molar-refractivity contribution in [2.75, 3.05) is 25.2 Å². The summed E-state index contributed by atoms with van der Waals surface area (Å²) in [6.07, 6.45) is 2.47. The number of nitrogens with zero attached hydrogens (tertiary/aromatic N) is 2. The quantitative estimate of drug-likeness (QED) is 0.101. The van der Waals surface area contributed by atoms with Crippen LogP contribution in [0, 0.1) is 6.92 Å². The number of aliphatic hydroxyl groups excluding tert-OH is 1. The fourth-order valence-electron chi connectivity index (χ4n) is 5.25. The molecule has 3 heterocycles. The molecule has 226 valence electrons. The number of unbranched alkanes of at least 4 members (excludes halogenated alkanes) is 1. The van der Waals surface area contributed by atoms with E-state index in [1.807, 2.05) is 13.8 Å². The lowest BCUT2D eigenvalue weighted by Gasteiger charge is -2.24. The van der Waals surface area contributed by atoms with E-state index in [-0.39, 0.29) is 27.4 Å². The average molecular weight is 607 g/mol. The third-order valence-corrected chi connectivity index (χ3v) is 8.45.